The van der Waals surface area contributed by atoms with Crippen molar-refractivity contribution in [2.24, 2.45) is 4.99 Å². The summed E-state index contributed by atoms with van der Waals surface area (Å²) in [5.74, 6) is 1.68. The van der Waals surface area contributed by atoms with Gasteiger partial charge in [0.05, 0.1) is 0 Å². The zero-order valence-electron chi connectivity index (χ0n) is 16.0. The maximum absolute atomic E-state index is 4.67. The summed E-state index contributed by atoms with van der Waals surface area (Å²) in [4.78, 5) is 7.16. The highest BCUT2D eigenvalue weighted by Gasteiger charge is 2.17. The van der Waals surface area contributed by atoms with E-state index in [1.165, 1.54) is 32.1 Å². The minimum absolute atomic E-state index is 0.499. The first-order valence-electron chi connectivity index (χ1n) is 9.79. The Balaban J connectivity index is 1.52. The maximum atomic E-state index is 4.67. The molecule has 0 saturated heterocycles. The second-order valence-electron chi connectivity index (χ2n) is 6.94. The number of aliphatic imine (C=N–C) groups is 1. The lowest BCUT2D eigenvalue weighted by Crippen LogP contribution is -2.43. The van der Waals surface area contributed by atoms with Gasteiger partial charge < -0.3 is 15.5 Å². The Morgan fingerprint density at radius 3 is 2.88 bits per heavy atom. The maximum Gasteiger partial charge on any atom is 0.191 e. The standard InChI is InChI=1S/C19H31N7/c1-3-20-19(21-12-14-25(2)16-9-5-4-6-10-16)22-15-18-24-23-17-11-7-8-13-26(17)18/h7-8,11,13,16H,3-6,9-10,12,14-15H2,1-2H3,(H2,20,21,22). The summed E-state index contributed by atoms with van der Waals surface area (Å²) < 4.78 is 1.98. The Morgan fingerprint density at radius 2 is 2.08 bits per heavy atom. The molecule has 0 spiro atoms. The molecule has 2 N–H and O–H groups in total. The molecule has 1 fully saturated rings. The molecule has 0 unspecified atom stereocenters. The van der Waals surface area contributed by atoms with E-state index in [0.29, 0.717) is 6.54 Å². The number of aromatic nitrogens is 3. The molecule has 26 heavy (non-hydrogen) atoms. The Morgan fingerprint density at radius 1 is 1.23 bits per heavy atom. The van der Waals surface area contributed by atoms with E-state index >= 15 is 0 Å². The van der Waals surface area contributed by atoms with Crippen LogP contribution in [0.3, 0.4) is 0 Å². The number of hydrogen-bond acceptors (Lipinski definition) is 4. The molecule has 7 heteroatoms. The SMILES string of the molecule is CCNC(=NCc1nnc2ccccn12)NCCN(C)C1CCCCC1. The van der Waals surface area contributed by atoms with Crippen molar-refractivity contribution in [3.8, 4) is 0 Å². The second-order valence-corrected chi connectivity index (χ2v) is 6.94. The van der Waals surface area contributed by atoms with Crippen LogP contribution in [0.5, 0.6) is 0 Å². The highest BCUT2D eigenvalue weighted by atomic mass is 15.3. The Kier molecular flexibility index (Phi) is 6.82. The van der Waals surface area contributed by atoms with Crippen LogP contribution in [0.1, 0.15) is 44.9 Å². The van der Waals surface area contributed by atoms with Gasteiger partial charge in [0.15, 0.2) is 17.4 Å². The smallest absolute Gasteiger partial charge is 0.191 e. The van der Waals surface area contributed by atoms with Crippen molar-refractivity contribution in [3.05, 3.63) is 30.2 Å². The van der Waals surface area contributed by atoms with E-state index in [-0.39, 0.29) is 0 Å². The third-order valence-electron chi connectivity index (χ3n) is 5.06. The number of pyridine rings is 1. The predicted octanol–water partition coefficient (Wildman–Crippen LogP) is 2.05. The summed E-state index contributed by atoms with van der Waals surface area (Å²) in [6.45, 7) is 5.34. The van der Waals surface area contributed by atoms with E-state index in [1.54, 1.807) is 0 Å². The van der Waals surface area contributed by atoms with Crippen LogP contribution in [0, 0.1) is 0 Å². The Labute approximate surface area is 155 Å². The van der Waals surface area contributed by atoms with Crippen molar-refractivity contribution in [1.82, 2.24) is 30.1 Å². The average molecular weight is 358 g/mol. The molecule has 7 nitrogen and oxygen atoms in total. The molecule has 1 aliphatic rings. The zero-order valence-corrected chi connectivity index (χ0v) is 16.0. The van der Waals surface area contributed by atoms with Gasteiger partial charge in [0.1, 0.15) is 6.54 Å². The van der Waals surface area contributed by atoms with Gasteiger partial charge in [0, 0.05) is 31.9 Å². The normalized spacial score (nSPS) is 16.3. The van der Waals surface area contributed by atoms with Gasteiger partial charge in [-0.25, -0.2) is 4.99 Å². The van der Waals surface area contributed by atoms with Crippen molar-refractivity contribution in [2.45, 2.75) is 51.6 Å². The lowest BCUT2D eigenvalue weighted by Gasteiger charge is -2.31. The number of rotatable bonds is 7. The van der Waals surface area contributed by atoms with Crippen LogP contribution in [0.4, 0.5) is 0 Å². The molecule has 1 aliphatic carbocycles. The number of fused-ring (bicyclic) bond motifs is 1. The molecule has 2 aromatic rings. The molecule has 1 saturated carbocycles. The fourth-order valence-corrected chi connectivity index (χ4v) is 3.55. The Bertz CT molecular complexity index is 703. The average Bonchev–Trinajstić information content (AvgIpc) is 3.10. The zero-order chi connectivity index (χ0) is 18.2. The molecular weight excluding hydrogens is 326 g/mol. The van der Waals surface area contributed by atoms with E-state index < -0.39 is 0 Å². The molecule has 3 rings (SSSR count). The molecule has 0 aromatic carbocycles. The number of guanidine groups is 1. The summed E-state index contributed by atoms with van der Waals surface area (Å²) in [6.07, 6.45) is 8.80. The van der Waals surface area contributed by atoms with Crippen molar-refractivity contribution >= 4 is 11.6 Å². The van der Waals surface area contributed by atoms with E-state index in [1.807, 2.05) is 28.8 Å². The molecule has 2 aromatic heterocycles. The molecule has 0 aliphatic heterocycles. The van der Waals surface area contributed by atoms with Crippen LogP contribution in [0.25, 0.3) is 5.65 Å². The van der Waals surface area contributed by atoms with Gasteiger partial charge in [0.25, 0.3) is 0 Å². The highest BCUT2D eigenvalue weighted by Crippen LogP contribution is 2.21. The quantitative estimate of drug-likeness (QED) is 0.586. The predicted molar refractivity (Wildman–Crippen MR) is 105 cm³/mol. The molecule has 2 heterocycles. The molecule has 142 valence electrons. The first-order valence-corrected chi connectivity index (χ1v) is 9.79. The Hall–Kier alpha value is -2.15. The van der Waals surface area contributed by atoms with Crippen molar-refractivity contribution in [1.29, 1.82) is 0 Å². The summed E-state index contributed by atoms with van der Waals surface area (Å²) in [7, 11) is 2.24. The summed E-state index contributed by atoms with van der Waals surface area (Å²) in [6, 6.07) is 6.64. The van der Waals surface area contributed by atoms with Gasteiger partial charge in [-0.05, 0) is 38.9 Å². The van der Waals surface area contributed by atoms with Gasteiger partial charge in [0.2, 0.25) is 0 Å². The summed E-state index contributed by atoms with van der Waals surface area (Å²) in [5, 5.41) is 15.2. The van der Waals surface area contributed by atoms with Crippen molar-refractivity contribution < 1.29 is 0 Å². The molecule has 0 radical (unpaired) electrons. The van der Waals surface area contributed by atoms with E-state index in [2.05, 4.69) is 44.7 Å². The minimum Gasteiger partial charge on any atom is -0.357 e. The van der Waals surface area contributed by atoms with Gasteiger partial charge in [-0.15, -0.1) is 10.2 Å². The number of hydrogen-bond donors (Lipinski definition) is 2. The minimum atomic E-state index is 0.499. The fourth-order valence-electron chi connectivity index (χ4n) is 3.55. The van der Waals surface area contributed by atoms with E-state index in [0.717, 1.165) is 43.1 Å². The molecule has 0 amide bonds. The van der Waals surface area contributed by atoms with Crippen LogP contribution in [0.2, 0.25) is 0 Å². The van der Waals surface area contributed by atoms with Crippen molar-refractivity contribution in [2.75, 3.05) is 26.7 Å². The topological polar surface area (TPSA) is 69.8 Å². The van der Waals surface area contributed by atoms with Crippen LogP contribution in [0.15, 0.2) is 29.4 Å². The van der Waals surface area contributed by atoms with Gasteiger partial charge in [-0.2, -0.15) is 0 Å². The number of nitrogens with zero attached hydrogens (tertiary/aromatic N) is 5. The van der Waals surface area contributed by atoms with Gasteiger partial charge in [-0.3, -0.25) is 4.40 Å². The van der Waals surface area contributed by atoms with Gasteiger partial charge in [-0.1, -0.05) is 25.3 Å². The third kappa shape index (κ3) is 4.94. The lowest BCUT2D eigenvalue weighted by atomic mass is 9.94. The van der Waals surface area contributed by atoms with Crippen LogP contribution in [-0.2, 0) is 6.54 Å². The summed E-state index contributed by atoms with van der Waals surface area (Å²) in [5.41, 5.74) is 0.852. The number of likely N-dealkylation sites (N-methyl/N-ethyl adjacent to an activating group) is 1. The molecular formula is C19H31N7. The first kappa shape index (κ1) is 18.6. The fraction of sp³-hybridized carbons (Fsp3) is 0.632. The summed E-state index contributed by atoms with van der Waals surface area (Å²) >= 11 is 0. The van der Waals surface area contributed by atoms with Crippen LogP contribution < -0.4 is 10.6 Å². The van der Waals surface area contributed by atoms with Crippen LogP contribution >= 0.6 is 0 Å². The lowest BCUT2D eigenvalue weighted by molar-refractivity contribution is 0.194. The number of nitrogens with one attached hydrogen (secondary N) is 2. The van der Waals surface area contributed by atoms with E-state index in [4.69, 9.17) is 0 Å². The van der Waals surface area contributed by atoms with E-state index in [9.17, 15) is 0 Å². The largest absolute Gasteiger partial charge is 0.357 e. The molecule has 0 bridgehead atoms. The van der Waals surface area contributed by atoms with Gasteiger partial charge >= 0.3 is 0 Å². The monoisotopic (exact) mass is 357 g/mol. The first-order chi connectivity index (χ1) is 12.8. The highest BCUT2D eigenvalue weighted by molar-refractivity contribution is 5.79. The van der Waals surface area contributed by atoms with Crippen molar-refractivity contribution in [3.63, 3.8) is 0 Å². The second kappa shape index (κ2) is 9.52. The third-order valence-corrected chi connectivity index (χ3v) is 5.06. The van der Waals surface area contributed by atoms with Crippen LogP contribution in [-0.4, -0.2) is 58.2 Å². The molecule has 0 atom stereocenters.